The lowest BCUT2D eigenvalue weighted by molar-refractivity contribution is -0.154. The van der Waals surface area contributed by atoms with Gasteiger partial charge in [0, 0.05) is 22.4 Å². The fourth-order valence-electron chi connectivity index (χ4n) is 1.75. The number of thiophene rings is 1. The second kappa shape index (κ2) is 7.51. The maximum absolute atomic E-state index is 11.9. The Bertz CT molecular complexity index is 635. The first-order valence-corrected chi connectivity index (χ1v) is 8.74. The second-order valence-electron chi connectivity index (χ2n) is 5.13. The molecule has 22 heavy (non-hydrogen) atoms. The van der Waals surface area contributed by atoms with E-state index in [9.17, 15) is 9.59 Å². The van der Waals surface area contributed by atoms with Gasteiger partial charge in [0.2, 0.25) is 0 Å². The van der Waals surface area contributed by atoms with Gasteiger partial charge in [-0.2, -0.15) is 11.3 Å². The Balaban J connectivity index is 1.88. The Morgan fingerprint density at radius 2 is 2.09 bits per heavy atom. The van der Waals surface area contributed by atoms with E-state index >= 15 is 0 Å². The number of carbonyl (C=O) groups is 2. The molecule has 1 atom stereocenters. The number of rotatable bonds is 6. The van der Waals surface area contributed by atoms with Gasteiger partial charge >= 0.3 is 5.97 Å². The molecular weight excluding hydrogens is 320 g/mol. The molecule has 0 saturated heterocycles. The highest BCUT2D eigenvalue weighted by molar-refractivity contribution is 7.14. The molecule has 0 bridgehead atoms. The number of ether oxygens (including phenoxy) is 1. The van der Waals surface area contributed by atoms with Crippen molar-refractivity contribution in [1.82, 2.24) is 10.3 Å². The molecule has 0 saturated carbocycles. The lowest BCUT2D eigenvalue weighted by Crippen LogP contribution is -2.39. The molecule has 7 heteroatoms. The van der Waals surface area contributed by atoms with E-state index in [1.165, 1.54) is 11.3 Å². The standard InChI is InChI=1S/C15H18N2O3S2/c1-9(2)16-14(19)10(3)20-13(18)6-12-8-22-15(17-12)11-4-5-21-7-11/h4-5,7-10H,6H2,1-3H3,(H,16,19)/t10-/m0/s1. The van der Waals surface area contributed by atoms with Crippen LogP contribution in [0, 0.1) is 0 Å². The molecule has 2 aromatic rings. The first kappa shape index (κ1) is 16.6. The molecular formula is C15H18N2O3S2. The predicted molar refractivity (Wildman–Crippen MR) is 88.0 cm³/mol. The van der Waals surface area contributed by atoms with Crippen molar-refractivity contribution >= 4 is 34.6 Å². The van der Waals surface area contributed by atoms with E-state index in [1.54, 1.807) is 18.3 Å². The van der Waals surface area contributed by atoms with Crippen LogP contribution in [-0.2, 0) is 20.7 Å². The minimum atomic E-state index is -0.801. The van der Waals surface area contributed by atoms with Gasteiger partial charge in [-0.25, -0.2) is 4.98 Å². The highest BCUT2D eigenvalue weighted by Gasteiger charge is 2.19. The normalized spacial score (nSPS) is 12.2. The summed E-state index contributed by atoms with van der Waals surface area (Å²) >= 11 is 3.10. The fraction of sp³-hybridized carbons (Fsp3) is 0.400. The number of hydrogen-bond acceptors (Lipinski definition) is 6. The Labute approximate surface area is 137 Å². The minimum absolute atomic E-state index is 0.0142. The smallest absolute Gasteiger partial charge is 0.312 e. The summed E-state index contributed by atoms with van der Waals surface area (Å²) in [6.07, 6.45) is -0.732. The second-order valence-corrected chi connectivity index (χ2v) is 6.77. The lowest BCUT2D eigenvalue weighted by Gasteiger charge is -2.14. The lowest BCUT2D eigenvalue weighted by atomic mass is 10.3. The monoisotopic (exact) mass is 338 g/mol. The molecule has 2 heterocycles. The van der Waals surface area contributed by atoms with Crippen LogP contribution in [-0.4, -0.2) is 29.0 Å². The molecule has 0 unspecified atom stereocenters. The van der Waals surface area contributed by atoms with Gasteiger partial charge in [-0.1, -0.05) is 0 Å². The predicted octanol–water partition coefficient (Wildman–Crippen LogP) is 2.87. The summed E-state index contributed by atoms with van der Waals surface area (Å²) in [4.78, 5) is 28.0. The summed E-state index contributed by atoms with van der Waals surface area (Å²) in [6, 6.07) is 2.00. The third-order valence-electron chi connectivity index (χ3n) is 2.75. The molecule has 0 fully saturated rings. The maximum Gasteiger partial charge on any atom is 0.312 e. The zero-order valence-corrected chi connectivity index (χ0v) is 14.3. The van der Waals surface area contributed by atoms with Crippen LogP contribution in [0.2, 0.25) is 0 Å². The van der Waals surface area contributed by atoms with Crippen LogP contribution in [0.25, 0.3) is 10.6 Å². The summed E-state index contributed by atoms with van der Waals surface area (Å²) in [5, 5.41) is 9.43. The molecule has 0 aliphatic heterocycles. The van der Waals surface area contributed by atoms with Crippen molar-refractivity contribution in [2.24, 2.45) is 0 Å². The van der Waals surface area contributed by atoms with Gasteiger partial charge in [0.25, 0.3) is 5.91 Å². The number of amides is 1. The van der Waals surface area contributed by atoms with Crippen LogP contribution in [0.1, 0.15) is 26.5 Å². The molecule has 0 aromatic carbocycles. The molecule has 118 valence electrons. The van der Waals surface area contributed by atoms with Crippen molar-refractivity contribution < 1.29 is 14.3 Å². The third-order valence-corrected chi connectivity index (χ3v) is 4.38. The van der Waals surface area contributed by atoms with Gasteiger partial charge < -0.3 is 10.1 Å². The van der Waals surface area contributed by atoms with Crippen LogP contribution in [0.3, 0.4) is 0 Å². The van der Waals surface area contributed by atoms with E-state index in [2.05, 4.69) is 10.3 Å². The highest BCUT2D eigenvalue weighted by Crippen LogP contribution is 2.25. The van der Waals surface area contributed by atoms with Gasteiger partial charge in [0.05, 0.1) is 12.1 Å². The van der Waals surface area contributed by atoms with Crippen LogP contribution >= 0.6 is 22.7 Å². The number of esters is 1. The first-order chi connectivity index (χ1) is 10.5. The van der Waals surface area contributed by atoms with Crippen LogP contribution in [0.4, 0.5) is 0 Å². The quantitative estimate of drug-likeness (QED) is 0.822. The number of aromatic nitrogens is 1. The van der Waals surface area contributed by atoms with E-state index < -0.39 is 12.1 Å². The largest absolute Gasteiger partial charge is 0.452 e. The molecule has 1 amide bonds. The molecule has 1 N–H and O–H groups in total. The summed E-state index contributed by atoms with van der Waals surface area (Å²) in [5.41, 5.74) is 1.71. The summed E-state index contributed by atoms with van der Waals surface area (Å²) in [7, 11) is 0. The highest BCUT2D eigenvalue weighted by atomic mass is 32.1. The zero-order valence-electron chi connectivity index (χ0n) is 12.7. The van der Waals surface area contributed by atoms with Gasteiger partial charge in [0.15, 0.2) is 6.10 Å². The summed E-state index contributed by atoms with van der Waals surface area (Å²) in [5.74, 6) is -0.742. The van der Waals surface area contributed by atoms with Gasteiger partial charge in [-0.15, -0.1) is 11.3 Å². The molecule has 2 rings (SSSR count). The van der Waals surface area contributed by atoms with Gasteiger partial charge in [0.1, 0.15) is 5.01 Å². The molecule has 0 aliphatic rings. The van der Waals surface area contributed by atoms with Crippen LogP contribution in [0.5, 0.6) is 0 Å². The third kappa shape index (κ3) is 4.64. The number of carbonyl (C=O) groups excluding carboxylic acids is 2. The van der Waals surface area contributed by atoms with E-state index in [-0.39, 0.29) is 18.4 Å². The number of nitrogens with one attached hydrogen (secondary N) is 1. The molecule has 2 aromatic heterocycles. The SMILES string of the molecule is CC(C)NC(=O)[C@H](C)OC(=O)Cc1csc(-c2ccsc2)n1. The topological polar surface area (TPSA) is 68.3 Å². The van der Waals surface area contributed by atoms with Crippen molar-refractivity contribution in [2.75, 3.05) is 0 Å². The van der Waals surface area contributed by atoms with Crippen molar-refractivity contribution in [1.29, 1.82) is 0 Å². The summed E-state index contributed by atoms with van der Waals surface area (Å²) in [6.45, 7) is 5.27. The van der Waals surface area contributed by atoms with E-state index in [0.29, 0.717) is 5.69 Å². The van der Waals surface area contributed by atoms with Crippen LogP contribution < -0.4 is 5.32 Å². The van der Waals surface area contributed by atoms with Crippen LogP contribution in [0.15, 0.2) is 22.2 Å². The number of nitrogens with zero attached hydrogens (tertiary/aromatic N) is 1. The Hall–Kier alpha value is -1.73. The van der Waals surface area contributed by atoms with Gasteiger partial charge in [-0.3, -0.25) is 9.59 Å². The minimum Gasteiger partial charge on any atom is -0.452 e. The van der Waals surface area contributed by atoms with E-state index in [0.717, 1.165) is 10.6 Å². The average Bonchev–Trinajstić information content (AvgIpc) is 3.07. The molecule has 0 radical (unpaired) electrons. The van der Waals surface area contributed by atoms with Crippen molar-refractivity contribution in [3.8, 4) is 10.6 Å². The van der Waals surface area contributed by atoms with Crippen molar-refractivity contribution in [3.63, 3.8) is 0 Å². The molecule has 0 spiro atoms. The summed E-state index contributed by atoms with van der Waals surface area (Å²) < 4.78 is 5.13. The van der Waals surface area contributed by atoms with Gasteiger partial charge in [-0.05, 0) is 32.2 Å². The maximum atomic E-state index is 11.9. The van der Waals surface area contributed by atoms with Crippen molar-refractivity contribution in [2.45, 2.75) is 39.3 Å². The van der Waals surface area contributed by atoms with Crippen molar-refractivity contribution in [3.05, 3.63) is 27.9 Å². The molecule has 0 aliphatic carbocycles. The Kier molecular flexibility index (Phi) is 5.68. The Morgan fingerprint density at radius 1 is 1.32 bits per heavy atom. The average molecular weight is 338 g/mol. The Morgan fingerprint density at radius 3 is 2.73 bits per heavy atom. The molecule has 5 nitrogen and oxygen atoms in total. The number of hydrogen-bond donors (Lipinski definition) is 1. The zero-order chi connectivity index (χ0) is 16.1. The van der Waals surface area contributed by atoms with E-state index in [4.69, 9.17) is 4.74 Å². The first-order valence-electron chi connectivity index (χ1n) is 6.92. The fourth-order valence-corrected chi connectivity index (χ4v) is 3.28. The number of thiazole rings is 1. The van der Waals surface area contributed by atoms with E-state index in [1.807, 2.05) is 36.1 Å².